The van der Waals surface area contributed by atoms with Crippen molar-refractivity contribution in [3.63, 3.8) is 0 Å². The largest absolute Gasteiger partial charge is 0.497 e. The zero-order valence-electron chi connectivity index (χ0n) is 19.4. The molecule has 0 aromatic heterocycles. The Labute approximate surface area is 187 Å². The quantitative estimate of drug-likeness (QED) is 0.390. The maximum atomic E-state index is 12.3. The molecule has 1 amide bonds. The number of nitrogens with zero attached hydrogens (tertiary/aromatic N) is 1. The molecule has 0 unspecified atom stereocenters. The lowest BCUT2D eigenvalue weighted by Crippen LogP contribution is -2.42. The second kappa shape index (κ2) is 14.3. The number of carbonyl (C=O) groups excluding carboxylic acids is 1. The Morgan fingerprint density at radius 3 is 2.39 bits per heavy atom. The normalized spacial score (nSPS) is 20.7. The van der Waals surface area contributed by atoms with Gasteiger partial charge in [0.25, 0.3) is 0 Å². The predicted molar refractivity (Wildman–Crippen MR) is 124 cm³/mol. The third kappa shape index (κ3) is 9.05. The van der Waals surface area contributed by atoms with Crippen molar-refractivity contribution in [2.45, 2.75) is 70.6 Å². The van der Waals surface area contributed by atoms with Crippen molar-refractivity contribution in [3.8, 4) is 5.75 Å². The maximum Gasteiger partial charge on any atom is 0.407 e. The van der Waals surface area contributed by atoms with Crippen LogP contribution in [-0.2, 0) is 11.2 Å². The maximum absolute atomic E-state index is 12.3. The number of rotatable bonds is 14. The minimum Gasteiger partial charge on any atom is -0.497 e. The number of carbonyl (C=O) groups is 1. The molecule has 0 bridgehead atoms. The molecular formula is C24H41N3O4. The molecule has 1 aromatic carbocycles. The van der Waals surface area contributed by atoms with Crippen molar-refractivity contribution in [2.24, 2.45) is 0 Å². The van der Waals surface area contributed by atoms with Crippen molar-refractivity contribution in [3.05, 3.63) is 29.8 Å². The smallest absolute Gasteiger partial charge is 0.407 e. The van der Waals surface area contributed by atoms with E-state index in [9.17, 15) is 9.90 Å². The lowest BCUT2D eigenvalue weighted by Gasteiger charge is -2.23. The van der Waals surface area contributed by atoms with Gasteiger partial charge in [0.05, 0.1) is 13.2 Å². The standard InChI is InChI=1S/C24H41N3O4/c1-4-6-14-27(15-7-5-2)16-8-13-25-24(29)31-23-21(26-18-22(23)28)17-19-9-11-20(30-3)12-10-19/h9-12,21-23,26,28H,4-8,13-18H2,1-3H3,(H,25,29)/t21-,22+,23+/m1/s1. The van der Waals surface area contributed by atoms with E-state index in [1.54, 1.807) is 7.11 Å². The third-order valence-electron chi connectivity index (χ3n) is 5.80. The molecule has 3 atom stereocenters. The Hall–Kier alpha value is -1.83. The summed E-state index contributed by atoms with van der Waals surface area (Å²) in [6.45, 7) is 8.64. The highest BCUT2D eigenvalue weighted by Gasteiger charge is 2.37. The SMILES string of the molecule is CCCCN(CCCC)CCCNC(=O)O[C@@H]1[C@@H](O)CN[C@@H]1Cc1ccc(OC)cc1. The molecule has 0 spiro atoms. The highest BCUT2D eigenvalue weighted by molar-refractivity contribution is 5.67. The summed E-state index contributed by atoms with van der Waals surface area (Å²) in [6.07, 6.45) is 4.65. The zero-order valence-corrected chi connectivity index (χ0v) is 19.4. The van der Waals surface area contributed by atoms with Crippen LogP contribution in [-0.4, -0.2) is 74.2 Å². The van der Waals surface area contributed by atoms with Gasteiger partial charge < -0.3 is 30.1 Å². The molecule has 0 radical (unpaired) electrons. The van der Waals surface area contributed by atoms with Crippen LogP contribution in [0.2, 0.25) is 0 Å². The molecule has 1 saturated heterocycles. The number of alkyl carbamates (subject to hydrolysis) is 1. The summed E-state index contributed by atoms with van der Waals surface area (Å²) in [5, 5.41) is 16.4. The van der Waals surface area contributed by atoms with E-state index in [0.717, 1.165) is 37.4 Å². The molecule has 1 aliphatic heterocycles. The van der Waals surface area contributed by atoms with E-state index in [4.69, 9.17) is 9.47 Å². The molecule has 1 aromatic rings. The number of β-amino-alcohol motifs (C(OH)–C–C–N with tert-alkyl or cyclic N) is 1. The molecule has 0 saturated carbocycles. The summed E-state index contributed by atoms with van der Waals surface area (Å²) in [4.78, 5) is 14.8. The molecule has 7 nitrogen and oxygen atoms in total. The van der Waals surface area contributed by atoms with Crippen LogP contribution in [0.15, 0.2) is 24.3 Å². The monoisotopic (exact) mass is 435 g/mol. The van der Waals surface area contributed by atoms with E-state index in [1.165, 1.54) is 25.7 Å². The van der Waals surface area contributed by atoms with Crippen molar-refractivity contribution in [1.82, 2.24) is 15.5 Å². The number of nitrogens with one attached hydrogen (secondary N) is 2. The Bertz CT molecular complexity index is 618. The van der Waals surface area contributed by atoms with Crippen molar-refractivity contribution < 1.29 is 19.4 Å². The summed E-state index contributed by atoms with van der Waals surface area (Å²) in [6, 6.07) is 7.69. The molecule has 1 fully saturated rings. The summed E-state index contributed by atoms with van der Waals surface area (Å²) in [7, 11) is 1.64. The zero-order chi connectivity index (χ0) is 22.5. The number of hydrogen-bond donors (Lipinski definition) is 3. The van der Waals surface area contributed by atoms with Gasteiger partial charge in [-0.3, -0.25) is 0 Å². The first-order valence-electron chi connectivity index (χ1n) is 11.8. The first-order chi connectivity index (χ1) is 15.1. The van der Waals surface area contributed by atoms with Gasteiger partial charge in [0, 0.05) is 13.1 Å². The average Bonchev–Trinajstić information content (AvgIpc) is 3.12. The molecule has 31 heavy (non-hydrogen) atoms. The van der Waals surface area contributed by atoms with Gasteiger partial charge in [-0.1, -0.05) is 38.8 Å². The fourth-order valence-electron chi connectivity index (χ4n) is 3.89. The Balaban J connectivity index is 1.74. The van der Waals surface area contributed by atoms with Gasteiger partial charge in [0.2, 0.25) is 0 Å². The summed E-state index contributed by atoms with van der Waals surface area (Å²) < 4.78 is 10.8. The predicted octanol–water partition coefficient (Wildman–Crippen LogP) is 2.96. The first kappa shape index (κ1) is 25.4. The third-order valence-corrected chi connectivity index (χ3v) is 5.80. The molecule has 7 heteroatoms. The summed E-state index contributed by atoms with van der Waals surface area (Å²) in [5.41, 5.74) is 1.10. The highest BCUT2D eigenvalue weighted by atomic mass is 16.6. The fraction of sp³-hybridized carbons (Fsp3) is 0.708. The van der Waals surface area contributed by atoms with Crippen LogP contribution in [0.1, 0.15) is 51.5 Å². The van der Waals surface area contributed by atoms with Crippen molar-refractivity contribution >= 4 is 6.09 Å². The summed E-state index contributed by atoms with van der Waals surface area (Å²) >= 11 is 0. The number of benzene rings is 1. The van der Waals surface area contributed by atoms with E-state index < -0.39 is 18.3 Å². The van der Waals surface area contributed by atoms with Crippen LogP contribution in [0.3, 0.4) is 0 Å². The van der Waals surface area contributed by atoms with Crippen LogP contribution in [0.4, 0.5) is 4.79 Å². The lowest BCUT2D eigenvalue weighted by molar-refractivity contribution is 0.0189. The van der Waals surface area contributed by atoms with Gasteiger partial charge in [0.1, 0.15) is 18.0 Å². The Morgan fingerprint density at radius 2 is 1.77 bits per heavy atom. The van der Waals surface area contributed by atoms with Crippen LogP contribution in [0.25, 0.3) is 0 Å². The lowest BCUT2D eigenvalue weighted by atomic mass is 10.0. The minimum absolute atomic E-state index is 0.118. The van der Waals surface area contributed by atoms with E-state index in [0.29, 0.717) is 19.5 Å². The number of hydrogen-bond acceptors (Lipinski definition) is 6. The van der Waals surface area contributed by atoms with Gasteiger partial charge in [-0.25, -0.2) is 4.79 Å². The van der Waals surface area contributed by atoms with Crippen molar-refractivity contribution in [2.75, 3.05) is 39.8 Å². The average molecular weight is 436 g/mol. The molecule has 2 rings (SSSR count). The first-order valence-corrected chi connectivity index (χ1v) is 11.8. The Morgan fingerprint density at radius 1 is 1.13 bits per heavy atom. The van der Waals surface area contributed by atoms with Crippen LogP contribution in [0, 0.1) is 0 Å². The van der Waals surface area contributed by atoms with E-state index in [1.807, 2.05) is 24.3 Å². The van der Waals surface area contributed by atoms with Crippen LogP contribution < -0.4 is 15.4 Å². The number of unbranched alkanes of at least 4 members (excludes halogenated alkanes) is 2. The molecular weight excluding hydrogens is 394 g/mol. The van der Waals surface area contributed by atoms with Crippen molar-refractivity contribution in [1.29, 1.82) is 0 Å². The van der Waals surface area contributed by atoms with Gasteiger partial charge >= 0.3 is 6.09 Å². The number of ether oxygens (including phenoxy) is 2. The summed E-state index contributed by atoms with van der Waals surface area (Å²) in [5.74, 6) is 0.804. The van der Waals surface area contributed by atoms with Crippen LogP contribution >= 0.6 is 0 Å². The molecule has 0 aliphatic carbocycles. The number of aliphatic hydroxyl groups is 1. The number of amides is 1. The molecule has 1 aliphatic rings. The molecule has 176 valence electrons. The van der Waals surface area contributed by atoms with E-state index in [2.05, 4.69) is 29.4 Å². The second-order valence-corrected chi connectivity index (χ2v) is 8.33. The number of methoxy groups -OCH3 is 1. The molecule has 1 heterocycles. The fourth-order valence-corrected chi connectivity index (χ4v) is 3.89. The molecule has 3 N–H and O–H groups in total. The van der Waals surface area contributed by atoms with Gasteiger partial charge in [0.15, 0.2) is 0 Å². The minimum atomic E-state index is -0.701. The second-order valence-electron chi connectivity index (χ2n) is 8.33. The van der Waals surface area contributed by atoms with Gasteiger partial charge in [-0.05, 0) is 63.0 Å². The Kier molecular flexibility index (Phi) is 11.7. The van der Waals surface area contributed by atoms with Gasteiger partial charge in [-0.15, -0.1) is 0 Å². The van der Waals surface area contributed by atoms with E-state index >= 15 is 0 Å². The van der Waals surface area contributed by atoms with Gasteiger partial charge in [-0.2, -0.15) is 0 Å². The topological polar surface area (TPSA) is 83.1 Å². The number of aliphatic hydroxyl groups excluding tert-OH is 1. The highest BCUT2D eigenvalue weighted by Crippen LogP contribution is 2.19. The van der Waals surface area contributed by atoms with Crippen LogP contribution in [0.5, 0.6) is 5.75 Å². The van der Waals surface area contributed by atoms with E-state index in [-0.39, 0.29) is 6.04 Å².